The first-order chi connectivity index (χ1) is 8.15. The van der Waals surface area contributed by atoms with Crippen molar-refractivity contribution in [3.63, 3.8) is 0 Å². The van der Waals surface area contributed by atoms with Crippen molar-refractivity contribution < 1.29 is 4.39 Å². The van der Waals surface area contributed by atoms with Gasteiger partial charge in [0, 0.05) is 10.9 Å². The zero-order chi connectivity index (χ0) is 12.3. The van der Waals surface area contributed by atoms with E-state index < -0.39 is 0 Å². The van der Waals surface area contributed by atoms with E-state index in [0.29, 0.717) is 22.9 Å². The molecule has 0 radical (unpaired) electrons. The lowest BCUT2D eigenvalue weighted by molar-refractivity contribution is 0.217. The summed E-state index contributed by atoms with van der Waals surface area (Å²) in [6.45, 7) is 0. The predicted octanol–water partition coefficient (Wildman–Crippen LogP) is 5.21. The highest BCUT2D eigenvalue weighted by Gasteiger charge is 2.32. The largest absolute Gasteiger partial charge is 0.207 e. The van der Waals surface area contributed by atoms with Gasteiger partial charge in [-0.3, -0.25) is 0 Å². The van der Waals surface area contributed by atoms with E-state index in [0.717, 1.165) is 12.8 Å². The highest BCUT2D eigenvalue weighted by molar-refractivity contribution is 6.30. The van der Waals surface area contributed by atoms with Crippen LogP contribution in [0.4, 0.5) is 4.39 Å². The maximum absolute atomic E-state index is 13.7. The highest BCUT2D eigenvalue weighted by atomic mass is 35.5. The summed E-state index contributed by atoms with van der Waals surface area (Å²) in [4.78, 5) is 0. The van der Waals surface area contributed by atoms with Crippen molar-refractivity contribution >= 4 is 23.2 Å². The van der Waals surface area contributed by atoms with Crippen LogP contribution in [0.5, 0.6) is 0 Å². The molecule has 0 saturated heterocycles. The minimum absolute atomic E-state index is 0.0747. The van der Waals surface area contributed by atoms with Crippen molar-refractivity contribution in [2.75, 3.05) is 5.88 Å². The zero-order valence-corrected chi connectivity index (χ0v) is 11.3. The molecule has 0 N–H and O–H groups in total. The zero-order valence-electron chi connectivity index (χ0n) is 9.82. The molecule has 1 fully saturated rings. The first-order valence-corrected chi connectivity index (χ1v) is 7.06. The van der Waals surface area contributed by atoms with Crippen LogP contribution >= 0.6 is 23.2 Å². The molecule has 2 rings (SSSR count). The van der Waals surface area contributed by atoms with Crippen LogP contribution in [0.15, 0.2) is 18.2 Å². The van der Waals surface area contributed by atoms with Crippen molar-refractivity contribution in [1.82, 2.24) is 0 Å². The number of alkyl halides is 1. The van der Waals surface area contributed by atoms with Gasteiger partial charge in [0.25, 0.3) is 0 Å². The Balaban J connectivity index is 2.20. The minimum Gasteiger partial charge on any atom is -0.207 e. The van der Waals surface area contributed by atoms with Gasteiger partial charge >= 0.3 is 0 Å². The van der Waals surface area contributed by atoms with Gasteiger partial charge in [-0.2, -0.15) is 0 Å². The molecule has 17 heavy (non-hydrogen) atoms. The molecule has 0 unspecified atom stereocenters. The van der Waals surface area contributed by atoms with E-state index in [1.165, 1.54) is 25.3 Å². The molecule has 1 saturated carbocycles. The molecule has 0 heterocycles. The molecule has 3 heteroatoms. The third kappa shape index (κ3) is 3.14. The number of benzene rings is 1. The molecule has 0 spiro atoms. The Hall–Kier alpha value is -0.270. The van der Waals surface area contributed by atoms with Gasteiger partial charge in [-0.25, -0.2) is 4.39 Å². The second-order valence-electron chi connectivity index (χ2n) is 5.11. The first kappa shape index (κ1) is 13.2. The molecular formula is C14H17Cl2F. The molecule has 0 aromatic heterocycles. The number of rotatable bonds is 3. The van der Waals surface area contributed by atoms with Crippen LogP contribution in [-0.4, -0.2) is 5.88 Å². The molecule has 1 aromatic carbocycles. The Kier molecular flexibility index (Phi) is 4.32. The second kappa shape index (κ2) is 5.58. The Bertz CT molecular complexity index is 384. The Morgan fingerprint density at radius 1 is 1.18 bits per heavy atom. The van der Waals surface area contributed by atoms with Gasteiger partial charge in [0.15, 0.2) is 0 Å². The van der Waals surface area contributed by atoms with Gasteiger partial charge in [-0.1, -0.05) is 30.9 Å². The summed E-state index contributed by atoms with van der Waals surface area (Å²) in [5, 5.41) is 0.599. The summed E-state index contributed by atoms with van der Waals surface area (Å²) in [6, 6.07) is 4.77. The van der Waals surface area contributed by atoms with Crippen LogP contribution in [0.1, 0.15) is 37.7 Å². The normalized spacial score (nSPS) is 19.2. The van der Waals surface area contributed by atoms with Crippen LogP contribution in [0, 0.1) is 11.2 Å². The summed E-state index contributed by atoms with van der Waals surface area (Å²) < 4.78 is 13.7. The molecule has 0 amide bonds. The van der Waals surface area contributed by atoms with E-state index in [4.69, 9.17) is 23.2 Å². The lowest BCUT2D eigenvalue weighted by Gasteiger charge is -2.35. The van der Waals surface area contributed by atoms with Gasteiger partial charge in [0.1, 0.15) is 5.82 Å². The third-order valence-electron chi connectivity index (χ3n) is 3.77. The van der Waals surface area contributed by atoms with Crippen LogP contribution in [-0.2, 0) is 6.42 Å². The van der Waals surface area contributed by atoms with Crippen LogP contribution in [0.25, 0.3) is 0 Å². The first-order valence-electron chi connectivity index (χ1n) is 6.15. The van der Waals surface area contributed by atoms with E-state index in [1.807, 2.05) is 0 Å². The fraction of sp³-hybridized carbons (Fsp3) is 0.571. The fourth-order valence-electron chi connectivity index (χ4n) is 2.74. The maximum Gasteiger partial charge on any atom is 0.126 e. The molecular weight excluding hydrogens is 258 g/mol. The number of hydrogen-bond acceptors (Lipinski definition) is 0. The van der Waals surface area contributed by atoms with Crippen LogP contribution in [0.3, 0.4) is 0 Å². The quantitative estimate of drug-likeness (QED) is 0.664. The molecule has 94 valence electrons. The minimum atomic E-state index is -0.163. The van der Waals surface area contributed by atoms with Crippen molar-refractivity contribution in [2.24, 2.45) is 5.41 Å². The molecule has 0 nitrogen and oxygen atoms in total. The van der Waals surface area contributed by atoms with E-state index in [2.05, 4.69) is 0 Å². The SMILES string of the molecule is Fc1ccc(Cl)cc1CC1(CCl)CCCCC1. The summed E-state index contributed by atoms with van der Waals surface area (Å²) in [7, 11) is 0. The lowest BCUT2D eigenvalue weighted by Crippen LogP contribution is -2.29. The average molecular weight is 275 g/mol. The molecule has 0 bridgehead atoms. The number of halogens is 3. The third-order valence-corrected chi connectivity index (χ3v) is 4.57. The van der Waals surface area contributed by atoms with E-state index >= 15 is 0 Å². The Morgan fingerprint density at radius 2 is 1.88 bits per heavy atom. The van der Waals surface area contributed by atoms with E-state index in [1.54, 1.807) is 12.1 Å². The van der Waals surface area contributed by atoms with Crippen molar-refractivity contribution in [1.29, 1.82) is 0 Å². The smallest absolute Gasteiger partial charge is 0.126 e. The maximum atomic E-state index is 13.7. The molecule has 1 aliphatic carbocycles. The van der Waals surface area contributed by atoms with E-state index in [9.17, 15) is 4.39 Å². The average Bonchev–Trinajstić information content (AvgIpc) is 2.35. The summed E-state index contributed by atoms with van der Waals surface area (Å²) in [5.74, 6) is 0.448. The highest BCUT2D eigenvalue weighted by Crippen LogP contribution is 2.40. The Morgan fingerprint density at radius 3 is 2.53 bits per heavy atom. The predicted molar refractivity (Wildman–Crippen MR) is 71.4 cm³/mol. The monoisotopic (exact) mass is 274 g/mol. The lowest BCUT2D eigenvalue weighted by atomic mass is 9.72. The van der Waals surface area contributed by atoms with Crippen LogP contribution in [0.2, 0.25) is 5.02 Å². The van der Waals surface area contributed by atoms with Gasteiger partial charge in [0.2, 0.25) is 0 Å². The van der Waals surface area contributed by atoms with Crippen molar-refractivity contribution in [3.05, 3.63) is 34.6 Å². The molecule has 0 aliphatic heterocycles. The molecule has 1 aromatic rings. The van der Waals surface area contributed by atoms with Crippen LogP contribution < -0.4 is 0 Å². The standard InChI is InChI=1S/C14H17Cl2F/c15-10-14(6-2-1-3-7-14)9-11-8-12(16)4-5-13(11)17/h4-5,8H,1-3,6-7,9-10H2. The summed E-state index contributed by atoms with van der Waals surface area (Å²) >= 11 is 12.0. The van der Waals surface area contributed by atoms with Gasteiger partial charge in [0.05, 0.1) is 0 Å². The Labute approximate surface area is 112 Å². The molecule has 1 aliphatic rings. The van der Waals surface area contributed by atoms with Gasteiger partial charge in [-0.05, 0) is 48.4 Å². The van der Waals surface area contributed by atoms with Crippen molar-refractivity contribution in [2.45, 2.75) is 38.5 Å². The molecule has 0 atom stereocenters. The second-order valence-corrected chi connectivity index (χ2v) is 5.81. The van der Waals surface area contributed by atoms with E-state index in [-0.39, 0.29) is 11.2 Å². The van der Waals surface area contributed by atoms with Gasteiger partial charge in [-0.15, -0.1) is 11.6 Å². The number of hydrogen-bond donors (Lipinski definition) is 0. The summed E-state index contributed by atoms with van der Waals surface area (Å²) in [5.41, 5.74) is 0.783. The van der Waals surface area contributed by atoms with Gasteiger partial charge < -0.3 is 0 Å². The van der Waals surface area contributed by atoms with Crippen molar-refractivity contribution in [3.8, 4) is 0 Å². The fourth-order valence-corrected chi connectivity index (χ4v) is 3.30. The topological polar surface area (TPSA) is 0 Å². The summed E-state index contributed by atoms with van der Waals surface area (Å²) in [6.07, 6.45) is 6.59.